The summed E-state index contributed by atoms with van der Waals surface area (Å²) in [7, 11) is 2.07. The third-order valence-electron chi connectivity index (χ3n) is 4.19. The van der Waals surface area contributed by atoms with Gasteiger partial charge in [0.2, 0.25) is 0 Å². The molecular formula is C17H20N2O. The van der Waals surface area contributed by atoms with Crippen LogP contribution in [0, 0.1) is 13.8 Å². The van der Waals surface area contributed by atoms with Crippen molar-refractivity contribution in [1.29, 1.82) is 0 Å². The molecule has 0 saturated heterocycles. The van der Waals surface area contributed by atoms with Gasteiger partial charge >= 0.3 is 0 Å². The Balaban J connectivity index is 1.87. The lowest BCUT2D eigenvalue weighted by Gasteiger charge is -2.28. The molecule has 2 heterocycles. The molecule has 20 heavy (non-hydrogen) atoms. The van der Waals surface area contributed by atoms with E-state index in [1.807, 2.05) is 30.9 Å². The zero-order chi connectivity index (χ0) is 14.3. The van der Waals surface area contributed by atoms with Gasteiger partial charge in [0.1, 0.15) is 0 Å². The fourth-order valence-corrected chi connectivity index (χ4v) is 2.93. The average Bonchev–Trinajstić information content (AvgIpc) is 2.82. The van der Waals surface area contributed by atoms with Crippen molar-refractivity contribution in [2.75, 3.05) is 6.54 Å². The van der Waals surface area contributed by atoms with Crippen molar-refractivity contribution in [2.24, 2.45) is 7.05 Å². The Bertz CT molecular complexity index is 670. The fourth-order valence-electron chi connectivity index (χ4n) is 2.93. The summed E-state index contributed by atoms with van der Waals surface area (Å²) in [6.07, 6.45) is 3.02. The summed E-state index contributed by atoms with van der Waals surface area (Å²) >= 11 is 0. The minimum atomic E-state index is 0.153. The van der Waals surface area contributed by atoms with Crippen LogP contribution in [0.15, 0.2) is 30.5 Å². The molecule has 3 nitrogen and oxygen atoms in total. The third kappa shape index (κ3) is 2.13. The second kappa shape index (κ2) is 4.82. The fraction of sp³-hybridized carbons (Fsp3) is 0.353. The van der Waals surface area contributed by atoms with Crippen molar-refractivity contribution in [2.45, 2.75) is 26.8 Å². The summed E-state index contributed by atoms with van der Waals surface area (Å²) in [5.41, 5.74) is 5.66. The summed E-state index contributed by atoms with van der Waals surface area (Å²) in [5.74, 6) is 0.153. The van der Waals surface area contributed by atoms with E-state index in [0.717, 1.165) is 36.2 Å². The van der Waals surface area contributed by atoms with Gasteiger partial charge in [0, 0.05) is 44.0 Å². The molecule has 1 aromatic carbocycles. The molecule has 2 aromatic rings. The summed E-state index contributed by atoms with van der Waals surface area (Å²) in [6.45, 7) is 5.56. The van der Waals surface area contributed by atoms with E-state index in [1.165, 1.54) is 11.3 Å². The van der Waals surface area contributed by atoms with Gasteiger partial charge in [-0.05, 0) is 37.1 Å². The van der Waals surface area contributed by atoms with Crippen molar-refractivity contribution < 1.29 is 4.79 Å². The zero-order valence-corrected chi connectivity index (χ0v) is 12.3. The predicted molar refractivity (Wildman–Crippen MR) is 79.8 cm³/mol. The van der Waals surface area contributed by atoms with Crippen LogP contribution in [0.5, 0.6) is 0 Å². The lowest BCUT2D eigenvalue weighted by Crippen LogP contribution is -2.36. The highest BCUT2D eigenvalue weighted by Gasteiger charge is 2.24. The quantitative estimate of drug-likeness (QED) is 0.780. The maximum Gasteiger partial charge on any atom is 0.254 e. The van der Waals surface area contributed by atoms with Crippen LogP contribution < -0.4 is 0 Å². The Morgan fingerprint density at radius 2 is 2.00 bits per heavy atom. The predicted octanol–water partition coefficient (Wildman–Crippen LogP) is 2.84. The Morgan fingerprint density at radius 3 is 2.80 bits per heavy atom. The minimum absolute atomic E-state index is 0.153. The molecule has 1 aliphatic heterocycles. The standard InChI is InChI=1S/C17H20N2O/c1-12-4-5-13(2)15(10-12)17(20)19-9-7-16-14(11-19)6-8-18(16)3/h4-6,8,10H,7,9,11H2,1-3H3. The van der Waals surface area contributed by atoms with Crippen molar-refractivity contribution in [1.82, 2.24) is 9.47 Å². The molecule has 1 aliphatic rings. The van der Waals surface area contributed by atoms with Gasteiger partial charge in [-0.3, -0.25) is 4.79 Å². The molecule has 0 bridgehead atoms. The number of hydrogen-bond acceptors (Lipinski definition) is 1. The number of hydrogen-bond donors (Lipinski definition) is 0. The highest BCUT2D eigenvalue weighted by Crippen LogP contribution is 2.22. The number of aryl methyl sites for hydroxylation is 3. The Kier molecular flexibility index (Phi) is 3.13. The van der Waals surface area contributed by atoms with E-state index in [4.69, 9.17) is 0 Å². The first-order chi connectivity index (χ1) is 9.56. The first-order valence-electron chi connectivity index (χ1n) is 7.06. The molecule has 3 heteroatoms. The van der Waals surface area contributed by atoms with E-state index in [2.05, 4.69) is 29.9 Å². The van der Waals surface area contributed by atoms with Crippen LogP contribution in [0.3, 0.4) is 0 Å². The lowest BCUT2D eigenvalue weighted by molar-refractivity contribution is 0.0732. The van der Waals surface area contributed by atoms with E-state index in [0.29, 0.717) is 0 Å². The van der Waals surface area contributed by atoms with Gasteiger partial charge in [0.25, 0.3) is 5.91 Å². The molecule has 0 fully saturated rings. The smallest absolute Gasteiger partial charge is 0.254 e. The minimum Gasteiger partial charge on any atom is -0.354 e. The van der Waals surface area contributed by atoms with Gasteiger partial charge < -0.3 is 9.47 Å². The van der Waals surface area contributed by atoms with Gasteiger partial charge in [-0.25, -0.2) is 0 Å². The molecule has 0 N–H and O–H groups in total. The number of rotatable bonds is 1. The highest BCUT2D eigenvalue weighted by molar-refractivity contribution is 5.96. The van der Waals surface area contributed by atoms with Crippen LogP contribution in [0.4, 0.5) is 0 Å². The number of carbonyl (C=O) groups is 1. The maximum absolute atomic E-state index is 12.7. The Hall–Kier alpha value is -2.03. The third-order valence-corrected chi connectivity index (χ3v) is 4.19. The Labute approximate surface area is 119 Å². The van der Waals surface area contributed by atoms with Crippen molar-refractivity contribution in [3.63, 3.8) is 0 Å². The largest absolute Gasteiger partial charge is 0.354 e. The van der Waals surface area contributed by atoms with Gasteiger partial charge in [-0.1, -0.05) is 17.7 Å². The number of nitrogens with zero attached hydrogens (tertiary/aromatic N) is 2. The lowest BCUT2D eigenvalue weighted by atomic mass is 10.0. The van der Waals surface area contributed by atoms with Crippen LogP contribution in [0.25, 0.3) is 0 Å². The SMILES string of the molecule is Cc1ccc(C)c(C(=O)N2CCc3c(ccn3C)C2)c1. The number of amides is 1. The molecule has 0 saturated carbocycles. The normalized spacial score (nSPS) is 14.2. The average molecular weight is 268 g/mol. The van der Waals surface area contributed by atoms with Crippen LogP contribution in [-0.2, 0) is 20.0 Å². The number of benzene rings is 1. The van der Waals surface area contributed by atoms with Crippen molar-refractivity contribution >= 4 is 5.91 Å². The molecule has 0 spiro atoms. The number of carbonyl (C=O) groups excluding carboxylic acids is 1. The summed E-state index contributed by atoms with van der Waals surface area (Å²) in [6, 6.07) is 8.20. The second-order valence-electron chi connectivity index (χ2n) is 5.69. The zero-order valence-electron chi connectivity index (χ0n) is 12.3. The van der Waals surface area contributed by atoms with Crippen LogP contribution in [0.2, 0.25) is 0 Å². The van der Waals surface area contributed by atoms with Crippen LogP contribution in [-0.4, -0.2) is 21.9 Å². The first-order valence-corrected chi connectivity index (χ1v) is 7.06. The van der Waals surface area contributed by atoms with Gasteiger partial charge in [0.05, 0.1) is 0 Å². The van der Waals surface area contributed by atoms with E-state index in [-0.39, 0.29) is 5.91 Å². The van der Waals surface area contributed by atoms with Crippen LogP contribution >= 0.6 is 0 Å². The molecule has 1 amide bonds. The molecule has 104 valence electrons. The van der Waals surface area contributed by atoms with Crippen molar-refractivity contribution in [3.05, 3.63) is 58.4 Å². The highest BCUT2D eigenvalue weighted by atomic mass is 16.2. The molecule has 0 unspecified atom stereocenters. The molecule has 1 aromatic heterocycles. The topological polar surface area (TPSA) is 25.2 Å². The first kappa shape index (κ1) is 13.0. The number of aromatic nitrogens is 1. The van der Waals surface area contributed by atoms with Crippen molar-refractivity contribution in [3.8, 4) is 0 Å². The molecular weight excluding hydrogens is 248 g/mol. The summed E-state index contributed by atoms with van der Waals surface area (Å²) < 4.78 is 2.16. The summed E-state index contributed by atoms with van der Waals surface area (Å²) in [4.78, 5) is 14.7. The molecule has 0 atom stereocenters. The van der Waals surface area contributed by atoms with Gasteiger partial charge in [0.15, 0.2) is 0 Å². The van der Waals surface area contributed by atoms with E-state index < -0.39 is 0 Å². The van der Waals surface area contributed by atoms with E-state index in [9.17, 15) is 4.79 Å². The summed E-state index contributed by atoms with van der Waals surface area (Å²) in [5, 5.41) is 0. The van der Waals surface area contributed by atoms with Gasteiger partial charge in [-0.15, -0.1) is 0 Å². The monoisotopic (exact) mass is 268 g/mol. The van der Waals surface area contributed by atoms with E-state index >= 15 is 0 Å². The van der Waals surface area contributed by atoms with E-state index in [1.54, 1.807) is 0 Å². The molecule has 0 radical (unpaired) electrons. The second-order valence-corrected chi connectivity index (χ2v) is 5.69. The number of fused-ring (bicyclic) bond motifs is 1. The van der Waals surface area contributed by atoms with Crippen LogP contribution in [0.1, 0.15) is 32.7 Å². The molecule has 3 rings (SSSR count). The van der Waals surface area contributed by atoms with Gasteiger partial charge in [-0.2, -0.15) is 0 Å². The Morgan fingerprint density at radius 1 is 1.20 bits per heavy atom. The maximum atomic E-state index is 12.7. The molecule has 0 aliphatic carbocycles.